The van der Waals surface area contributed by atoms with E-state index in [4.69, 9.17) is 9.15 Å². The van der Waals surface area contributed by atoms with Crippen molar-refractivity contribution in [2.45, 2.75) is 19.6 Å². The third kappa shape index (κ3) is 3.12. The van der Waals surface area contributed by atoms with Gasteiger partial charge in [-0.15, -0.1) is 0 Å². The maximum absolute atomic E-state index is 12.4. The van der Waals surface area contributed by atoms with E-state index in [1.165, 1.54) is 10.6 Å². The molecule has 6 nitrogen and oxygen atoms in total. The summed E-state index contributed by atoms with van der Waals surface area (Å²) in [5.41, 5.74) is -0.103. The molecule has 1 atom stereocenters. The van der Waals surface area contributed by atoms with Crippen LogP contribution in [0.25, 0.3) is 0 Å². The van der Waals surface area contributed by atoms with Gasteiger partial charge >= 0.3 is 0 Å². The van der Waals surface area contributed by atoms with Crippen LogP contribution in [0.2, 0.25) is 0 Å². The maximum atomic E-state index is 12.4. The Hall–Kier alpha value is -2.34. The highest BCUT2D eigenvalue weighted by Gasteiger charge is 2.24. The topological polar surface area (TPSA) is 64.7 Å². The van der Waals surface area contributed by atoms with Crippen molar-refractivity contribution in [2.75, 3.05) is 19.7 Å². The first-order valence-corrected chi connectivity index (χ1v) is 7.28. The average Bonchev–Trinajstić information content (AvgIpc) is 2.97. The van der Waals surface area contributed by atoms with Crippen LogP contribution in [0.5, 0.6) is 0 Å². The zero-order chi connectivity index (χ0) is 15.5. The second kappa shape index (κ2) is 6.19. The Balaban J connectivity index is 1.72. The van der Waals surface area contributed by atoms with E-state index in [2.05, 4.69) is 0 Å². The van der Waals surface area contributed by atoms with Gasteiger partial charge in [0.1, 0.15) is 5.76 Å². The predicted octanol–water partition coefficient (Wildman–Crippen LogP) is 1.35. The van der Waals surface area contributed by atoms with Crippen molar-refractivity contribution in [3.05, 3.63) is 58.4 Å². The van der Waals surface area contributed by atoms with Gasteiger partial charge in [0.2, 0.25) is 0 Å². The summed E-state index contributed by atoms with van der Waals surface area (Å²) in [6.45, 7) is 3.92. The van der Waals surface area contributed by atoms with E-state index in [0.717, 1.165) is 0 Å². The highest BCUT2D eigenvalue weighted by Crippen LogP contribution is 2.14. The van der Waals surface area contributed by atoms with Gasteiger partial charge < -0.3 is 18.6 Å². The molecule has 0 aromatic carbocycles. The Kier molecular flexibility index (Phi) is 4.11. The van der Waals surface area contributed by atoms with E-state index in [1.54, 1.807) is 35.4 Å². The molecule has 0 N–H and O–H groups in total. The summed E-state index contributed by atoms with van der Waals surface area (Å²) in [6, 6.07) is 8.35. The standard InChI is InChI=1S/C16H18N2O4/c1-12-10-18(8-9-21-12)16(20)14-6-5-13(22-14)11-17-7-3-2-4-15(17)19/h2-7,12H,8-11H2,1H3. The van der Waals surface area contributed by atoms with E-state index >= 15 is 0 Å². The monoisotopic (exact) mass is 302 g/mol. The van der Waals surface area contributed by atoms with Crippen LogP contribution in [0.3, 0.4) is 0 Å². The average molecular weight is 302 g/mol. The number of ether oxygens (including phenoxy) is 1. The van der Waals surface area contributed by atoms with E-state index in [1.807, 2.05) is 6.92 Å². The lowest BCUT2D eigenvalue weighted by Gasteiger charge is -2.30. The van der Waals surface area contributed by atoms with Gasteiger partial charge in [-0.1, -0.05) is 6.07 Å². The van der Waals surface area contributed by atoms with E-state index in [9.17, 15) is 9.59 Å². The van der Waals surface area contributed by atoms with Crippen molar-refractivity contribution < 1.29 is 13.9 Å². The van der Waals surface area contributed by atoms with E-state index < -0.39 is 0 Å². The molecule has 0 bridgehead atoms. The van der Waals surface area contributed by atoms with Gasteiger partial charge in [-0.05, 0) is 25.1 Å². The number of hydrogen-bond donors (Lipinski definition) is 0. The second-order valence-corrected chi connectivity index (χ2v) is 5.37. The van der Waals surface area contributed by atoms with Crippen molar-refractivity contribution in [3.8, 4) is 0 Å². The lowest BCUT2D eigenvalue weighted by molar-refractivity contribution is -0.0135. The number of rotatable bonds is 3. The van der Waals surface area contributed by atoms with Crippen LogP contribution >= 0.6 is 0 Å². The summed E-state index contributed by atoms with van der Waals surface area (Å²) in [6.07, 6.45) is 1.73. The number of pyridine rings is 1. The van der Waals surface area contributed by atoms with Crippen LogP contribution in [-0.2, 0) is 11.3 Å². The molecule has 3 rings (SSSR count). The number of morpholine rings is 1. The van der Waals surface area contributed by atoms with Crippen molar-refractivity contribution in [2.24, 2.45) is 0 Å². The molecule has 1 fully saturated rings. The maximum Gasteiger partial charge on any atom is 0.289 e. The van der Waals surface area contributed by atoms with Crippen molar-refractivity contribution in [1.29, 1.82) is 0 Å². The molecule has 22 heavy (non-hydrogen) atoms. The molecular weight excluding hydrogens is 284 g/mol. The van der Waals surface area contributed by atoms with Gasteiger partial charge in [0, 0.05) is 25.4 Å². The van der Waals surface area contributed by atoms with Crippen molar-refractivity contribution >= 4 is 5.91 Å². The quantitative estimate of drug-likeness (QED) is 0.858. The van der Waals surface area contributed by atoms with Crippen molar-refractivity contribution in [3.63, 3.8) is 0 Å². The summed E-state index contributed by atoms with van der Waals surface area (Å²) >= 11 is 0. The lowest BCUT2D eigenvalue weighted by atomic mass is 10.3. The number of furan rings is 1. The minimum absolute atomic E-state index is 0.0371. The molecular formula is C16H18N2O4. The van der Waals surface area contributed by atoms with Crippen LogP contribution in [-0.4, -0.2) is 41.2 Å². The molecule has 0 aliphatic carbocycles. The molecule has 1 aliphatic rings. The SMILES string of the molecule is CC1CN(C(=O)c2ccc(Cn3ccccc3=O)o2)CCO1. The fourth-order valence-corrected chi connectivity index (χ4v) is 2.50. The lowest BCUT2D eigenvalue weighted by Crippen LogP contribution is -2.44. The molecule has 1 aliphatic heterocycles. The van der Waals surface area contributed by atoms with E-state index in [0.29, 0.717) is 37.8 Å². The number of amides is 1. The molecule has 2 aromatic heterocycles. The third-order valence-corrected chi connectivity index (χ3v) is 3.63. The molecule has 0 saturated carbocycles. The normalized spacial score (nSPS) is 18.4. The van der Waals surface area contributed by atoms with Crippen LogP contribution in [0.15, 0.2) is 45.7 Å². The summed E-state index contributed by atoms with van der Waals surface area (Å²) in [5, 5.41) is 0. The Morgan fingerprint density at radius 2 is 2.18 bits per heavy atom. The zero-order valence-corrected chi connectivity index (χ0v) is 12.4. The predicted molar refractivity (Wildman–Crippen MR) is 79.8 cm³/mol. The summed E-state index contributed by atoms with van der Waals surface area (Å²) < 4.78 is 12.6. The number of carbonyl (C=O) groups is 1. The smallest absolute Gasteiger partial charge is 0.289 e. The first-order chi connectivity index (χ1) is 10.6. The summed E-state index contributed by atoms with van der Waals surface area (Å²) in [7, 11) is 0. The molecule has 6 heteroatoms. The van der Waals surface area contributed by atoms with Gasteiger partial charge in [0.05, 0.1) is 19.3 Å². The van der Waals surface area contributed by atoms with Crippen LogP contribution in [0.1, 0.15) is 23.2 Å². The Morgan fingerprint density at radius 3 is 2.95 bits per heavy atom. The minimum Gasteiger partial charge on any atom is -0.454 e. The fraction of sp³-hybridized carbons (Fsp3) is 0.375. The van der Waals surface area contributed by atoms with Gasteiger partial charge in [-0.3, -0.25) is 9.59 Å². The second-order valence-electron chi connectivity index (χ2n) is 5.37. The third-order valence-electron chi connectivity index (χ3n) is 3.63. The molecule has 0 radical (unpaired) electrons. The van der Waals surface area contributed by atoms with E-state index in [-0.39, 0.29) is 17.6 Å². The van der Waals surface area contributed by atoms with Gasteiger partial charge in [0.25, 0.3) is 11.5 Å². The number of hydrogen-bond acceptors (Lipinski definition) is 4. The van der Waals surface area contributed by atoms with Crippen molar-refractivity contribution in [1.82, 2.24) is 9.47 Å². The van der Waals surface area contributed by atoms with Crippen LogP contribution in [0, 0.1) is 0 Å². The molecule has 1 unspecified atom stereocenters. The Labute approximate surface area is 127 Å². The number of carbonyl (C=O) groups excluding carboxylic acids is 1. The molecule has 3 heterocycles. The molecule has 1 saturated heterocycles. The number of aromatic nitrogens is 1. The highest BCUT2D eigenvalue weighted by molar-refractivity contribution is 5.91. The molecule has 0 spiro atoms. The van der Waals surface area contributed by atoms with Gasteiger partial charge in [-0.25, -0.2) is 0 Å². The van der Waals surface area contributed by atoms with Gasteiger partial charge in [-0.2, -0.15) is 0 Å². The molecule has 2 aromatic rings. The molecule has 1 amide bonds. The highest BCUT2D eigenvalue weighted by atomic mass is 16.5. The molecule has 116 valence electrons. The Bertz CT molecular complexity index is 719. The first-order valence-electron chi connectivity index (χ1n) is 7.28. The van der Waals surface area contributed by atoms with Gasteiger partial charge in [0.15, 0.2) is 5.76 Å². The minimum atomic E-state index is -0.137. The fourth-order valence-electron chi connectivity index (χ4n) is 2.50. The Morgan fingerprint density at radius 1 is 1.32 bits per heavy atom. The first kappa shape index (κ1) is 14.6. The summed E-state index contributed by atoms with van der Waals surface area (Å²) in [4.78, 5) is 25.8. The van der Waals surface area contributed by atoms with Crippen LogP contribution < -0.4 is 5.56 Å². The zero-order valence-electron chi connectivity index (χ0n) is 12.4. The largest absolute Gasteiger partial charge is 0.454 e. The van der Waals surface area contributed by atoms with Crippen LogP contribution in [0.4, 0.5) is 0 Å². The summed E-state index contributed by atoms with van der Waals surface area (Å²) in [5.74, 6) is 0.743. The number of nitrogens with zero attached hydrogens (tertiary/aromatic N) is 2.